The Hall–Kier alpha value is -0.280. The Morgan fingerprint density at radius 2 is 1.57 bits per heavy atom. The maximum Gasteiger partial charge on any atom is 0.184 e. The number of rotatable bonds is 2. The van der Waals surface area contributed by atoms with Gasteiger partial charge >= 0.3 is 0 Å². The smallest absolute Gasteiger partial charge is 0.184 e. The zero-order chi connectivity index (χ0) is 10.9. The van der Waals surface area contributed by atoms with Crippen molar-refractivity contribution >= 4 is 0 Å². The van der Waals surface area contributed by atoms with E-state index in [0.717, 1.165) is 0 Å². The number of ether oxygens (including phenoxy) is 1. The van der Waals surface area contributed by atoms with Crippen LogP contribution in [0.2, 0.25) is 0 Å². The van der Waals surface area contributed by atoms with E-state index >= 15 is 0 Å². The maximum atomic E-state index is 9.31. The number of hydrogen-bond donors (Lipinski definition) is 6. The van der Waals surface area contributed by atoms with Gasteiger partial charge in [-0.3, -0.25) is 0 Å². The van der Waals surface area contributed by atoms with Crippen LogP contribution in [0.25, 0.3) is 0 Å². The summed E-state index contributed by atoms with van der Waals surface area (Å²) in [5, 5.41) is 54.3. The molecule has 0 spiro atoms. The van der Waals surface area contributed by atoms with E-state index in [9.17, 15) is 10.2 Å². The first-order chi connectivity index (χ1) is 6.49. The highest BCUT2D eigenvalue weighted by molar-refractivity contribution is 4.91. The van der Waals surface area contributed by atoms with E-state index in [1.807, 2.05) is 0 Å². The minimum absolute atomic E-state index is 0.683. The zero-order valence-electron chi connectivity index (χ0n) is 7.26. The monoisotopic (exact) mass is 210 g/mol. The molecule has 0 bridgehead atoms. The van der Waals surface area contributed by atoms with Gasteiger partial charge in [0.25, 0.3) is 0 Å². The fraction of sp³-hybridized carbons (Fsp3) is 1.00. The quantitative estimate of drug-likeness (QED) is 0.275. The van der Waals surface area contributed by atoms with Crippen molar-refractivity contribution in [2.45, 2.75) is 36.8 Å². The molecule has 1 rings (SSSR count). The van der Waals surface area contributed by atoms with Crippen LogP contribution in [-0.2, 0) is 4.74 Å². The first-order valence-corrected chi connectivity index (χ1v) is 4.15. The third-order valence-electron chi connectivity index (χ3n) is 2.19. The fourth-order valence-corrected chi connectivity index (χ4v) is 1.31. The molecule has 0 aliphatic carbocycles. The second-order valence-electron chi connectivity index (χ2n) is 3.21. The molecule has 6 atom stereocenters. The first-order valence-electron chi connectivity index (χ1n) is 4.15. The Bertz CT molecular complexity index is 187. The molecule has 6 N–H and O–H groups in total. The van der Waals surface area contributed by atoms with Gasteiger partial charge in [-0.05, 0) is 0 Å². The molecule has 1 heterocycles. The molecular formula is C7H14O7. The molecule has 84 valence electrons. The van der Waals surface area contributed by atoms with Crippen molar-refractivity contribution in [1.29, 1.82) is 0 Å². The molecule has 7 nitrogen and oxygen atoms in total. The average Bonchev–Trinajstić information content (AvgIpc) is 2.19. The van der Waals surface area contributed by atoms with Crippen molar-refractivity contribution in [3.63, 3.8) is 0 Å². The van der Waals surface area contributed by atoms with Crippen LogP contribution >= 0.6 is 0 Å². The summed E-state index contributed by atoms with van der Waals surface area (Å²) in [6.45, 7) is -0.683. The van der Waals surface area contributed by atoms with Crippen molar-refractivity contribution < 1.29 is 35.4 Å². The maximum absolute atomic E-state index is 9.31. The van der Waals surface area contributed by atoms with Crippen molar-refractivity contribution in [3.8, 4) is 0 Å². The van der Waals surface area contributed by atoms with Crippen LogP contribution in [0.1, 0.15) is 0 Å². The molecule has 1 saturated heterocycles. The van der Waals surface area contributed by atoms with Gasteiger partial charge in [0.15, 0.2) is 6.29 Å². The molecular weight excluding hydrogens is 196 g/mol. The van der Waals surface area contributed by atoms with Gasteiger partial charge in [-0.1, -0.05) is 0 Å². The van der Waals surface area contributed by atoms with Crippen LogP contribution in [-0.4, -0.2) is 74.1 Å². The van der Waals surface area contributed by atoms with E-state index in [0.29, 0.717) is 0 Å². The summed E-state index contributed by atoms with van der Waals surface area (Å²) < 4.78 is 4.62. The lowest BCUT2D eigenvalue weighted by Gasteiger charge is -2.39. The molecule has 1 aliphatic heterocycles. The van der Waals surface area contributed by atoms with Gasteiger partial charge in [0, 0.05) is 0 Å². The Balaban J connectivity index is 2.70. The molecule has 0 radical (unpaired) electrons. The van der Waals surface area contributed by atoms with Crippen LogP contribution < -0.4 is 0 Å². The Morgan fingerprint density at radius 3 is 2.07 bits per heavy atom. The third-order valence-corrected chi connectivity index (χ3v) is 2.19. The van der Waals surface area contributed by atoms with E-state index in [1.54, 1.807) is 0 Å². The second-order valence-corrected chi connectivity index (χ2v) is 3.21. The van der Waals surface area contributed by atoms with E-state index in [4.69, 9.17) is 20.4 Å². The van der Waals surface area contributed by atoms with Crippen LogP contribution in [0.4, 0.5) is 0 Å². The summed E-state index contributed by atoms with van der Waals surface area (Å²) in [5.41, 5.74) is 0. The molecule has 1 aliphatic rings. The summed E-state index contributed by atoms with van der Waals surface area (Å²) >= 11 is 0. The van der Waals surface area contributed by atoms with Gasteiger partial charge in [0.1, 0.15) is 30.5 Å². The van der Waals surface area contributed by atoms with Gasteiger partial charge in [0.05, 0.1) is 6.61 Å². The molecule has 14 heavy (non-hydrogen) atoms. The molecule has 0 aromatic rings. The Labute approximate surface area is 79.8 Å². The molecule has 0 amide bonds. The topological polar surface area (TPSA) is 131 Å². The van der Waals surface area contributed by atoms with Crippen LogP contribution in [0.3, 0.4) is 0 Å². The number of aliphatic hydroxyl groups is 6. The summed E-state index contributed by atoms with van der Waals surface area (Å²) in [6.07, 6.45) is -9.26. The summed E-state index contributed by atoms with van der Waals surface area (Å²) in [7, 11) is 0. The lowest BCUT2D eigenvalue weighted by atomic mass is 9.96. The van der Waals surface area contributed by atoms with Crippen LogP contribution in [0, 0.1) is 0 Å². The lowest BCUT2D eigenvalue weighted by Crippen LogP contribution is -2.61. The van der Waals surface area contributed by atoms with E-state index in [-0.39, 0.29) is 0 Å². The van der Waals surface area contributed by atoms with Gasteiger partial charge in [-0.25, -0.2) is 0 Å². The SMILES string of the molecule is OCC(O)C1OC(O)[C@@H](O)C(O)C1O. The molecule has 0 aromatic carbocycles. The van der Waals surface area contributed by atoms with E-state index < -0.39 is 43.4 Å². The molecule has 0 saturated carbocycles. The summed E-state index contributed by atoms with van der Waals surface area (Å²) in [6, 6.07) is 0. The standard InChI is InChI=1S/C7H14O7/c8-1-2(9)6-4(11)3(10)5(12)7(13)14-6/h2-13H,1H2/t2?,3?,4?,5-,6?,7?/m0/s1. The van der Waals surface area contributed by atoms with E-state index in [1.165, 1.54) is 0 Å². The third kappa shape index (κ3) is 2.04. The van der Waals surface area contributed by atoms with Crippen LogP contribution in [0.15, 0.2) is 0 Å². The molecule has 7 heteroatoms. The Morgan fingerprint density at radius 1 is 1.00 bits per heavy atom. The molecule has 0 aromatic heterocycles. The highest BCUT2D eigenvalue weighted by Gasteiger charge is 2.45. The largest absolute Gasteiger partial charge is 0.394 e. The normalized spacial score (nSPS) is 46.3. The fourth-order valence-electron chi connectivity index (χ4n) is 1.31. The summed E-state index contributed by atoms with van der Waals surface area (Å²) in [5.74, 6) is 0. The van der Waals surface area contributed by atoms with Gasteiger partial charge in [0.2, 0.25) is 0 Å². The minimum atomic E-state index is -1.69. The number of aliphatic hydroxyl groups excluding tert-OH is 6. The predicted molar refractivity (Wildman–Crippen MR) is 42.0 cm³/mol. The zero-order valence-corrected chi connectivity index (χ0v) is 7.26. The second kappa shape index (κ2) is 4.49. The van der Waals surface area contributed by atoms with Gasteiger partial charge in [-0.2, -0.15) is 0 Å². The average molecular weight is 210 g/mol. The summed E-state index contributed by atoms with van der Waals surface area (Å²) in [4.78, 5) is 0. The minimum Gasteiger partial charge on any atom is -0.394 e. The molecule has 1 fully saturated rings. The van der Waals surface area contributed by atoms with Crippen LogP contribution in [0.5, 0.6) is 0 Å². The predicted octanol–water partition coefficient (Wildman–Crippen LogP) is -3.86. The highest BCUT2D eigenvalue weighted by atomic mass is 16.6. The highest BCUT2D eigenvalue weighted by Crippen LogP contribution is 2.21. The van der Waals surface area contributed by atoms with Gasteiger partial charge in [-0.15, -0.1) is 0 Å². The van der Waals surface area contributed by atoms with Crippen molar-refractivity contribution in [1.82, 2.24) is 0 Å². The van der Waals surface area contributed by atoms with Crippen molar-refractivity contribution in [3.05, 3.63) is 0 Å². The van der Waals surface area contributed by atoms with Gasteiger partial charge < -0.3 is 35.4 Å². The molecule has 5 unspecified atom stereocenters. The lowest BCUT2D eigenvalue weighted by molar-refractivity contribution is -0.298. The first kappa shape index (κ1) is 11.8. The van der Waals surface area contributed by atoms with E-state index in [2.05, 4.69) is 4.74 Å². The Kier molecular flexibility index (Phi) is 3.78. The number of hydrogen-bond acceptors (Lipinski definition) is 7. The van der Waals surface area contributed by atoms with Crippen molar-refractivity contribution in [2.24, 2.45) is 0 Å². The van der Waals surface area contributed by atoms with Crippen molar-refractivity contribution in [2.75, 3.05) is 6.61 Å².